The average molecular weight is 298 g/mol. The van der Waals surface area contributed by atoms with E-state index in [1.165, 1.54) is 19.4 Å². The molecule has 22 heavy (non-hydrogen) atoms. The van der Waals surface area contributed by atoms with Crippen LogP contribution < -0.4 is 10.5 Å². The summed E-state index contributed by atoms with van der Waals surface area (Å²) in [5, 5.41) is 0. The van der Waals surface area contributed by atoms with E-state index in [0.29, 0.717) is 22.8 Å². The van der Waals surface area contributed by atoms with Crippen LogP contribution in [0.25, 0.3) is 11.3 Å². The number of allylic oxidation sites excluding steroid dienone is 1. The van der Waals surface area contributed by atoms with Crippen LogP contribution in [0.2, 0.25) is 0 Å². The topological polar surface area (TPSA) is 81.3 Å². The number of nitrogens with zero attached hydrogens (tertiary/aromatic N) is 3. The van der Waals surface area contributed by atoms with E-state index in [0.717, 1.165) is 5.56 Å². The van der Waals surface area contributed by atoms with E-state index < -0.39 is 0 Å². The van der Waals surface area contributed by atoms with Crippen LogP contribution in [0.4, 0.5) is 5.82 Å². The number of carbonyl (C=O) groups excluding carboxylic acids is 1. The second-order valence-corrected chi connectivity index (χ2v) is 4.88. The fraction of sp³-hybridized carbons (Fsp3) is 0.188. The summed E-state index contributed by atoms with van der Waals surface area (Å²) < 4.78 is 5.22. The number of carbonyl (C=O) groups is 1. The standard InChI is InChI=1S/C16H18N4O2/c1-20(2)7-5-14(21)12-9-13(19-10-15(12)22-3)11-4-6-18-16(17)8-11/h4-10H,1-3H3,(H2,17,18)/b7-5+. The van der Waals surface area contributed by atoms with Gasteiger partial charge < -0.3 is 15.4 Å². The highest BCUT2D eigenvalue weighted by Crippen LogP contribution is 2.25. The first-order valence-corrected chi connectivity index (χ1v) is 6.66. The molecule has 0 spiro atoms. The van der Waals surface area contributed by atoms with Crippen molar-refractivity contribution in [2.24, 2.45) is 0 Å². The number of nitrogens with two attached hydrogens (primary N) is 1. The summed E-state index contributed by atoms with van der Waals surface area (Å²) in [6.45, 7) is 0. The van der Waals surface area contributed by atoms with Gasteiger partial charge in [0.25, 0.3) is 0 Å². The van der Waals surface area contributed by atoms with Gasteiger partial charge in [-0.3, -0.25) is 9.78 Å². The van der Waals surface area contributed by atoms with Gasteiger partial charge >= 0.3 is 0 Å². The van der Waals surface area contributed by atoms with Gasteiger partial charge in [-0.25, -0.2) is 4.98 Å². The molecule has 2 heterocycles. The first-order valence-electron chi connectivity index (χ1n) is 6.66. The van der Waals surface area contributed by atoms with Crippen LogP contribution in [0.3, 0.4) is 0 Å². The number of hydrogen-bond acceptors (Lipinski definition) is 6. The fourth-order valence-electron chi connectivity index (χ4n) is 1.87. The van der Waals surface area contributed by atoms with E-state index in [-0.39, 0.29) is 5.78 Å². The van der Waals surface area contributed by atoms with E-state index >= 15 is 0 Å². The molecule has 6 nitrogen and oxygen atoms in total. The van der Waals surface area contributed by atoms with Crippen LogP contribution in [-0.4, -0.2) is 41.9 Å². The third kappa shape index (κ3) is 3.60. The molecule has 2 aromatic rings. The Kier molecular flexibility index (Phi) is 4.73. The maximum absolute atomic E-state index is 12.3. The van der Waals surface area contributed by atoms with Crippen molar-refractivity contribution in [2.45, 2.75) is 0 Å². The third-order valence-corrected chi connectivity index (χ3v) is 2.95. The largest absolute Gasteiger partial charge is 0.494 e. The van der Waals surface area contributed by atoms with Crippen molar-refractivity contribution in [3.63, 3.8) is 0 Å². The molecule has 0 fully saturated rings. The van der Waals surface area contributed by atoms with Crippen molar-refractivity contribution in [1.29, 1.82) is 0 Å². The summed E-state index contributed by atoms with van der Waals surface area (Å²) >= 11 is 0. The molecule has 0 atom stereocenters. The fourth-order valence-corrected chi connectivity index (χ4v) is 1.87. The molecule has 0 saturated heterocycles. The molecule has 114 valence electrons. The number of hydrogen-bond donors (Lipinski definition) is 1. The molecule has 0 aliphatic rings. The lowest BCUT2D eigenvalue weighted by Gasteiger charge is -2.09. The molecule has 0 aromatic carbocycles. The maximum Gasteiger partial charge on any atom is 0.191 e. The molecule has 0 aliphatic heterocycles. The van der Waals surface area contributed by atoms with Crippen LogP contribution in [-0.2, 0) is 0 Å². The first-order chi connectivity index (χ1) is 10.5. The second-order valence-electron chi connectivity index (χ2n) is 4.88. The summed E-state index contributed by atoms with van der Waals surface area (Å²) in [6.07, 6.45) is 6.31. The number of aromatic nitrogens is 2. The van der Waals surface area contributed by atoms with Gasteiger partial charge in [0.15, 0.2) is 5.78 Å². The summed E-state index contributed by atoms with van der Waals surface area (Å²) in [7, 11) is 5.20. The average Bonchev–Trinajstić information content (AvgIpc) is 2.52. The van der Waals surface area contributed by atoms with Gasteiger partial charge in [0.2, 0.25) is 0 Å². The monoisotopic (exact) mass is 298 g/mol. The number of methoxy groups -OCH3 is 1. The Balaban J connectivity index is 2.44. The predicted octanol–water partition coefficient (Wildman–Crippen LogP) is 1.99. The van der Waals surface area contributed by atoms with Gasteiger partial charge in [-0.05, 0) is 18.2 Å². The summed E-state index contributed by atoms with van der Waals surface area (Å²) in [5.41, 5.74) is 7.56. The molecule has 2 rings (SSSR count). The maximum atomic E-state index is 12.3. The molecule has 2 aromatic heterocycles. The zero-order valence-corrected chi connectivity index (χ0v) is 12.8. The van der Waals surface area contributed by atoms with Crippen molar-refractivity contribution in [3.8, 4) is 17.0 Å². The zero-order valence-electron chi connectivity index (χ0n) is 12.8. The smallest absolute Gasteiger partial charge is 0.191 e. The van der Waals surface area contributed by atoms with Gasteiger partial charge in [0.05, 0.1) is 24.6 Å². The Morgan fingerprint density at radius 1 is 1.32 bits per heavy atom. The molecular weight excluding hydrogens is 280 g/mol. The first kappa shape index (κ1) is 15.5. The lowest BCUT2D eigenvalue weighted by Crippen LogP contribution is -2.05. The minimum absolute atomic E-state index is 0.156. The Labute approximate surface area is 129 Å². The number of rotatable bonds is 5. The Hall–Kier alpha value is -2.89. The van der Waals surface area contributed by atoms with Crippen LogP contribution >= 0.6 is 0 Å². The van der Waals surface area contributed by atoms with Gasteiger partial charge in [-0.2, -0.15) is 0 Å². The van der Waals surface area contributed by atoms with Gasteiger partial charge in [-0.15, -0.1) is 0 Å². The summed E-state index contributed by atoms with van der Waals surface area (Å²) in [6, 6.07) is 5.18. The van der Waals surface area contributed by atoms with Crippen molar-refractivity contribution in [1.82, 2.24) is 14.9 Å². The quantitative estimate of drug-likeness (QED) is 0.671. The minimum Gasteiger partial charge on any atom is -0.494 e. The molecule has 6 heteroatoms. The Bertz CT molecular complexity index is 711. The molecule has 0 bridgehead atoms. The predicted molar refractivity (Wildman–Crippen MR) is 85.6 cm³/mol. The highest BCUT2D eigenvalue weighted by molar-refractivity contribution is 6.07. The minimum atomic E-state index is -0.156. The SMILES string of the molecule is COc1cnc(-c2ccnc(N)c2)cc1C(=O)/C=C/N(C)C. The lowest BCUT2D eigenvalue weighted by molar-refractivity contribution is 0.104. The molecule has 0 amide bonds. The highest BCUT2D eigenvalue weighted by Gasteiger charge is 2.13. The van der Waals surface area contributed by atoms with Gasteiger partial charge in [-0.1, -0.05) is 0 Å². The molecule has 0 aliphatic carbocycles. The van der Waals surface area contributed by atoms with Gasteiger partial charge in [0, 0.05) is 38.1 Å². The van der Waals surface area contributed by atoms with Crippen LogP contribution in [0, 0.1) is 0 Å². The van der Waals surface area contributed by atoms with Gasteiger partial charge in [0.1, 0.15) is 11.6 Å². The van der Waals surface area contributed by atoms with E-state index in [4.69, 9.17) is 10.5 Å². The number of pyridine rings is 2. The molecule has 0 unspecified atom stereocenters. The number of anilines is 1. The molecular formula is C16H18N4O2. The van der Waals surface area contributed by atoms with E-state index in [9.17, 15) is 4.79 Å². The normalized spacial score (nSPS) is 10.7. The van der Waals surface area contributed by atoms with Crippen molar-refractivity contribution < 1.29 is 9.53 Å². The van der Waals surface area contributed by atoms with Crippen molar-refractivity contribution in [2.75, 3.05) is 26.9 Å². The van der Waals surface area contributed by atoms with E-state index in [1.54, 1.807) is 35.5 Å². The zero-order chi connectivity index (χ0) is 16.1. The highest BCUT2D eigenvalue weighted by atomic mass is 16.5. The van der Waals surface area contributed by atoms with E-state index in [2.05, 4.69) is 9.97 Å². The second kappa shape index (κ2) is 6.71. The Morgan fingerprint density at radius 2 is 2.09 bits per heavy atom. The Morgan fingerprint density at radius 3 is 2.73 bits per heavy atom. The van der Waals surface area contributed by atoms with E-state index in [1.807, 2.05) is 14.1 Å². The summed E-state index contributed by atoms with van der Waals surface area (Å²) in [5.74, 6) is 0.672. The number of ketones is 1. The molecule has 2 N–H and O–H groups in total. The molecule has 0 saturated carbocycles. The van der Waals surface area contributed by atoms with Crippen LogP contribution in [0.15, 0.2) is 42.9 Å². The van der Waals surface area contributed by atoms with Crippen molar-refractivity contribution >= 4 is 11.6 Å². The lowest BCUT2D eigenvalue weighted by atomic mass is 10.1. The summed E-state index contributed by atoms with van der Waals surface area (Å²) in [4.78, 5) is 22.4. The number of ether oxygens (including phenoxy) is 1. The van der Waals surface area contributed by atoms with Crippen LogP contribution in [0.1, 0.15) is 10.4 Å². The molecule has 0 radical (unpaired) electrons. The third-order valence-electron chi connectivity index (χ3n) is 2.95. The van der Waals surface area contributed by atoms with Crippen molar-refractivity contribution in [3.05, 3.63) is 48.4 Å². The number of nitrogen functional groups attached to an aromatic ring is 1. The van der Waals surface area contributed by atoms with Crippen LogP contribution in [0.5, 0.6) is 5.75 Å².